The molecule has 0 aliphatic carbocycles. The van der Waals surface area contributed by atoms with Crippen LogP contribution in [0.5, 0.6) is 0 Å². The molecule has 2 aromatic carbocycles. The summed E-state index contributed by atoms with van der Waals surface area (Å²) in [6.07, 6.45) is 2.03. The van der Waals surface area contributed by atoms with Crippen molar-refractivity contribution in [3.8, 4) is 0 Å². The van der Waals surface area contributed by atoms with Crippen LogP contribution in [0.2, 0.25) is 0 Å². The highest BCUT2D eigenvalue weighted by molar-refractivity contribution is 5.94. The van der Waals surface area contributed by atoms with Gasteiger partial charge < -0.3 is 15.6 Å². The van der Waals surface area contributed by atoms with Gasteiger partial charge in [-0.3, -0.25) is 0 Å². The molecule has 0 amide bonds. The Labute approximate surface area is 106 Å². The molecule has 3 nitrogen and oxygen atoms in total. The fourth-order valence-electron chi connectivity index (χ4n) is 2.17. The van der Waals surface area contributed by atoms with Crippen molar-refractivity contribution in [2.45, 2.75) is 0 Å². The molecule has 0 saturated carbocycles. The van der Waals surface area contributed by atoms with E-state index in [0.29, 0.717) is 0 Å². The molecule has 1 aromatic heterocycles. The van der Waals surface area contributed by atoms with E-state index < -0.39 is 0 Å². The van der Waals surface area contributed by atoms with E-state index in [1.54, 1.807) is 0 Å². The van der Waals surface area contributed by atoms with Gasteiger partial charge in [-0.15, -0.1) is 0 Å². The number of nitrogen functional groups attached to an aromatic ring is 1. The van der Waals surface area contributed by atoms with Gasteiger partial charge in [0.15, 0.2) is 0 Å². The van der Waals surface area contributed by atoms with Crippen molar-refractivity contribution in [2.75, 3.05) is 17.7 Å². The lowest BCUT2D eigenvalue weighted by Crippen LogP contribution is -2.08. The molecule has 0 saturated heterocycles. The van der Waals surface area contributed by atoms with Gasteiger partial charge in [-0.2, -0.15) is 0 Å². The number of para-hydroxylation sites is 1. The Morgan fingerprint density at radius 3 is 2.50 bits per heavy atom. The zero-order chi connectivity index (χ0) is 12.5. The SMILES string of the molecule is CN(c1ccc(N)cc1)c1c[nH]c2ccccc12. The zero-order valence-electron chi connectivity index (χ0n) is 10.2. The van der Waals surface area contributed by atoms with Gasteiger partial charge in [0.2, 0.25) is 0 Å². The number of H-pyrrole nitrogens is 1. The number of benzene rings is 2. The number of fused-ring (bicyclic) bond motifs is 1. The average Bonchev–Trinajstić information content (AvgIpc) is 2.82. The van der Waals surface area contributed by atoms with Crippen LogP contribution >= 0.6 is 0 Å². The number of nitrogens with one attached hydrogen (secondary N) is 1. The maximum atomic E-state index is 5.71. The Hall–Kier alpha value is -2.42. The minimum Gasteiger partial charge on any atom is -0.399 e. The van der Waals surface area contributed by atoms with Crippen LogP contribution in [0.25, 0.3) is 10.9 Å². The van der Waals surface area contributed by atoms with E-state index in [2.05, 4.69) is 35.1 Å². The summed E-state index contributed by atoms with van der Waals surface area (Å²) in [4.78, 5) is 5.43. The summed E-state index contributed by atoms with van der Waals surface area (Å²) < 4.78 is 0. The van der Waals surface area contributed by atoms with Crippen LogP contribution in [0.4, 0.5) is 17.1 Å². The molecule has 0 unspecified atom stereocenters. The van der Waals surface area contributed by atoms with Crippen LogP contribution in [0, 0.1) is 0 Å². The highest BCUT2D eigenvalue weighted by Crippen LogP contribution is 2.31. The van der Waals surface area contributed by atoms with Gasteiger partial charge in [0.25, 0.3) is 0 Å². The summed E-state index contributed by atoms with van der Waals surface area (Å²) in [6.45, 7) is 0. The molecular formula is C15H15N3. The largest absolute Gasteiger partial charge is 0.399 e. The molecule has 3 N–H and O–H groups in total. The van der Waals surface area contributed by atoms with Crippen LogP contribution in [0.15, 0.2) is 54.7 Å². The Kier molecular flexibility index (Phi) is 2.45. The molecule has 0 atom stereocenters. The van der Waals surface area contributed by atoms with E-state index in [1.165, 1.54) is 5.39 Å². The van der Waals surface area contributed by atoms with Gasteiger partial charge in [-0.25, -0.2) is 0 Å². The van der Waals surface area contributed by atoms with Crippen molar-refractivity contribution in [1.29, 1.82) is 0 Å². The third-order valence-corrected chi connectivity index (χ3v) is 3.21. The molecule has 0 fully saturated rings. The third-order valence-electron chi connectivity index (χ3n) is 3.21. The van der Waals surface area contributed by atoms with Crippen molar-refractivity contribution < 1.29 is 0 Å². The Morgan fingerprint density at radius 1 is 1.00 bits per heavy atom. The summed E-state index contributed by atoms with van der Waals surface area (Å²) in [5.74, 6) is 0. The van der Waals surface area contributed by atoms with E-state index in [0.717, 1.165) is 22.6 Å². The van der Waals surface area contributed by atoms with E-state index in [-0.39, 0.29) is 0 Å². The molecule has 1 heterocycles. The number of nitrogens with zero attached hydrogens (tertiary/aromatic N) is 1. The number of anilines is 3. The first-order valence-corrected chi connectivity index (χ1v) is 5.91. The molecule has 0 spiro atoms. The topological polar surface area (TPSA) is 45.0 Å². The van der Waals surface area contributed by atoms with Gasteiger partial charge in [0, 0.05) is 35.5 Å². The van der Waals surface area contributed by atoms with E-state index in [1.807, 2.05) is 36.5 Å². The summed E-state index contributed by atoms with van der Waals surface area (Å²) in [5.41, 5.74) is 9.92. The predicted molar refractivity (Wildman–Crippen MR) is 77.2 cm³/mol. The lowest BCUT2D eigenvalue weighted by Gasteiger charge is -2.18. The molecule has 0 radical (unpaired) electrons. The molecule has 3 aromatic rings. The van der Waals surface area contributed by atoms with E-state index in [4.69, 9.17) is 5.73 Å². The molecule has 3 rings (SSSR count). The first kappa shape index (κ1) is 10.7. The van der Waals surface area contributed by atoms with Crippen molar-refractivity contribution in [1.82, 2.24) is 4.98 Å². The van der Waals surface area contributed by atoms with Crippen molar-refractivity contribution >= 4 is 28.0 Å². The quantitative estimate of drug-likeness (QED) is 0.670. The normalized spacial score (nSPS) is 10.7. The number of aromatic amines is 1. The Bertz CT molecular complexity index is 668. The average molecular weight is 237 g/mol. The van der Waals surface area contributed by atoms with Crippen molar-refractivity contribution in [2.24, 2.45) is 0 Å². The molecule has 0 aliphatic heterocycles. The fourth-order valence-corrected chi connectivity index (χ4v) is 2.17. The van der Waals surface area contributed by atoms with Gasteiger partial charge in [-0.1, -0.05) is 18.2 Å². The molecule has 3 heteroatoms. The lowest BCUT2D eigenvalue weighted by molar-refractivity contribution is 1.22. The number of aromatic nitrogens is 1. The molecule has 0 aliphatic rings. The number of rotatable bonds is 2. The second kappa shape index (κ2) is 4.11. The van der Waals surface area contributed by atoms with Gasteiger partial charge in [-0.05, 0) is 30.3 Å². The van der Waals surface area contributed by atoms with Gasteiger partial charge in [0.05, 0.1) is 5.69 Å². The van der Waals surface area contributed by atoms with Crippen LogP contribution in [-0.2, 0) is 0 Å². The smallest absolute Gasteiger partial charge is 0.0665 e. The fraction of sp³-hybridized carbons (Fsp3) is 0.0667. The molecule has 0 bridgehead atoms. The summed E-state index contributed by atoms with van der Waals surface area (Å²) in [7, 11) is 2.06. The monoisotopic (exact) mass is 237 g/mol. The van der Waals surface area contributed by atoms with Crippen LogP contribution in [-0.4, -0.2) is 12.0 Å². The number of nitrogens with two attached hydrogens (primary N) is 1. The van der Waals surface area contributed by atoms with Gasteiger partial charge in [0.1, 0.15) is 0 Å². The standard InChI is InChI=1S/C15H15N3/c1-18(12-8-6-11(16)7-9-12)15-10-17-14-5-3-2-4-13(14)15/h2-10,17H,16H2,1H3. The third kappa shape index (κ3) is 1.70. The zero-order valence-corrected chi connectivity index (χ0v) is 10.2. The summed E-state index contributed by atoms with van der Waals surface area (Å²) in [6, 6.07) is 16.2. The molecule has 18 heavy (non-hydrogen) atoms. The summed E-state index contributed by atoms with van der Waals surface area (Å²) in [5, 5.41) is 1.22. The minimum atomic E-state index is 0.783. The Morgan fingerprint density at radius 2 is 1.72 bits per heavy atom. The van der Waals surface area contributed by atoms with E-state index >= 15 is 0 Å². The van der Waals surface area contributed by atoms with Gasteiger partial charge >= 0.3 is 0 Å². The number of hydrogen-bond acceptors (Lipinski definition) is 2. The van der Waals surface area contributed by atoms with Crippen LogP contribution < -0.4 is 10.6 Å². The van der Waals surface area contributed by atoms with E-state index in [9.17, 15) is 0 Å². The van der Waals surface area contributed by atoms with Crippen LogP contribution in [0.3, 0.4) is 0 Å². The molecular weight excluding hydrogens is 222 g/mol. The maximum absolute atomic E-state index is 5.71. The van der Waals surface area contributed by atoms with Crippen molar-refractivity contribution in [3.05, 3.63) is 54.7 Å². The minimum absolute atomic E-state index is 0.783. The van der Waals surface area contributed by atoms with Crippen LogP contribution in [0.1, 0.15) is 0 Å². The highest BCUT2D eigenvalue weighted by atomic mass is 15.1. The highest BCUT2D eigenvalue weighted by Gasteiger charge is 2.09. The predicted octanol–water partition coefficient (Wildman–Crippen LogP) is 3.52. The maximum Gasteiger partial charge on any atom is 0.0665 e. The first-order valence-electron chi connectivity index (χ1n) is 5.91. The molecule has 90 valence electrons. The summed E-state index contributed by atoms with van der Waals surface area (Å²) >= 11 is 0. The first-order chi connectivity index (χ1) is 8.75. The Balaban J connectivity index is 2.06. The van der Waals surface area contributed by atoms with Crippen molar-refractivity contribution in [3.63, 3.8) is 0 Å². The second-order valence-corrected chi connectivity index (χ2v) is 4.37. The second-order valence-electron chi connectivity index (χ2n) is 4.37. The lowest BCUT2D eigenvalue weighted by atomic mass is 10.2. The number of hydrogen-bond donors (Lipinski definition) is 2.